The zero-order valence-electron chi connectivity index (χ0n) is 16.2. The minimum atomic E-state index is 0.463. The van der Waals surface area contributed by atoms with Gasteiger partial charge in [-0.15, -0.1) is 0 Å². The van der Waals surface area contributed by atoms with Gasteiger partial charge in [-0.2, -0.15) is 5.10 Å². The third-order valence-corrected chi connectivity index (χ3v) is 4.62. The van der Waals surface area contributed by atoms with Crippen molar-refractivity contribution in [1.29, 1.82) is 0 Å². The number of H-pyrrole nitrogens is 1. The summed E-state index contributed by atoms with van der Waals surface area (Å²) in [7, 11) is 0. The first-order chi connectivity index (χ1) is 13.5. The molecule has 0 aliphatic heterocycles. The molecular formula is C21H23ClN6. The van der Waals surface area contributed by atoms with Crippen LogP contribution in [0.2, 0.25) is 5.02 Å². The fourth-order valence-corrected chi connectivity index (χ4v) is 3.06. The molecule has 0 aromatic carbocycles. The maximum atomic E-state index is 6.56. The molecule has 0 aliphatic carbocycles. The molecule has 0 aliphatic rings. The summed E-state index contributed by atoms with van der Waals surface area (Å²) >= 11 is 6.56. The summed E-state index contributed by atoms with van der Waals surface area (Å²) < 4.78 is 0. The molecule has 3 aromatic heterocycles. The number of hydrogen-bond acceptors (Lipinski definition) is 5. The summed E-state index contributed by atoms with van der Waals surface area (Å²) in [6.07, 6.45) is 9.61. The van der Waals surface area contributed by atoms with Crippen LogP contribution in [0.3, 0.4) is 0 Å². The standard InChI is InChI=1S/C21H23ClN6/c1-5-7-15(6-2)11-24-14(4)26-21-18(22)20-17(12-25-21)19(27-28-20)16-8-9-23-13(3)10-16/h5-10,12,24H,4,11H2,1-3H3,(H,25,26)(H,27,28)/b7-5-,15-6+. The van der Waals surface area contributed by atoms with Crippen molar-refractivity contribution < 1.29 is 0 Å². The maximum Gasteiger partial charge on any atom is 0.152 e. The van der Waals surface area contributed by atoms with E-state index >= 15 is 0 Å². The van der Waals surface area contributed by atoms with Crippen molar-refractivity contribution in [2.75, 3.05) is 11.9 Å². The number of aromatic amines is 1. The lowest BCUT2D eigenvalue weighted by Gasteiger charge is -2.13. The number of nitrogens with zero attached hydrogens (tertiary/aromatic N) is 3. The van der Waals surface area contributed by atoms with Gasteiger partial charge in [0.25, 0.3) is 0 Å². The number of nitrogens with one attached hydrogen (secondary N) is 3. The highest BCUT2D eigenvalue weighted by Crippen LogP contribution is 2.33. The summed E-state index contributed by atoms with van der Waals surface area (Å²) in [5, 5.41) is 15.1. The average Bonchev–Trinajstić information content (AvgIpc) is 3.12. The van der Waals surface area contributed by atoms with E-state index in [9.17, 15) is 0 Å². The smallest absolute Gasteiger partial charge is 0.152 e. The van der Waals surface area contributed by atoms with Crippen LogP contribution >= 0.6 is 11.6 Å². The zero-order valence-corrected chi connectivity index (χ0v) is 16.9. The number of fused-ring (bicyclic) bond motifs is 1. The Morgan fingerprint density at radius 2 is 2.14 bits per heavy atom. The molecule has 0 saturated heterocycles. The van der Waals surface area contributed by atoms with Crippen molar-refractivity contribution >= 4 is 28.3 Å². The van der Waals surface area contributed by atoms with E-state index in [-0.39, 0.29) is 0 Å². The van der Waals surface area contributed by atoms with E-state index in [4.69, 9.17) is 11.6 Å². The molecule has 6 nitrogen and oxygen atoms in total. The first-order valence-corrected chi connectivity index (χ1v) is 9.34. The number of anilines is 1. The van der Waals surface area contributed by atoms with Crippen molar-refractivity contribution in [2.45, 2.75) is 20.8 Å². The lowest BCUT2D eigenvalue weighted by Crippen LogP contribution is -2.21. The molecule has 0 saturated carbocycles. The number of pyridine rings is 2. The van der Waals surface area contributed by atoms with Crippen LogP contribution in [0, 0.1) is 6.92 Å². The fourth-order valence-electron chi connectivity index (χ4n) is 2.82. The van der Waals surface area contributed by atoms with Crippen LogP contribution in [-0.2, 0) is 0 Å². The average molecular weight is 395 g/mol. The molecule has 3 aromatic rings. The van der Waals surface area contributed by atoms with Crippen molar-refractivity contribution in [1.82, 2.24) is 25.5 Å². The molecule has 0 unspecified atom stereocenters. The summed E-state index contributed by atoms with van der Waals surface area (Å²) in [5.74, 6) is 1.13. The van der Waals surface area contributed by atoms with Crippen LogP contribution < -0.4 is 10.6 Å². The molecule has 0 spiro atoms. The molecule has 0 fully saturated rings. The molecular weight excluding hydrogens is 372 g/mol. The van der Waals surface area contributed by atoms with Gasteiger partial charge in [-0.05, 0) is 38.5 Å². The van der Waals surface area contributed by atoms with Crippen molar-refractivity contribution in [3.63, 3.8) is 0 Å². The Bertz CT molecular complexity index is 1060. The molecule has 0 radical (unpaired) electrons. The van der Waals surface area contributed by atoms with Crippen LogP contribution in [0.1, 0.15) is 19.5 Å². The molecule has 3 heterocycles. The van der Waals surface area contributed by atoms with E-state index in [1.807, 2.05) is 51.1 Å². The second kappa shape index (κ2) is 8.71. The van der Waals surface area contributed by atoms with Gasteiger partial charge < -0.3 is 10.6 Å². The molecule has 0 bridgehead atoms. The molecule has 144 valence electrons. The second-order valence-corrected chi connectivity index (χ2v) is 6.67. The minimum absolute atomic E-state index is 0.463. The Kier molecular flexibility index (Phi) is 6.11. The Labute approximate surface area is 169 Å². The predicted octanol–water partition coefficient (Wildman–Crippen LogP) is 4.98. The van der Waals surface area contributed by atoms with Gasteiger partial charge in [-0.1, -0.05) is 36.4 Å². The topological polar surface area (TPSA) is 78.5 Å². The molecule has 3 N–H and O–H groups in total. The van der Waals surface area contributed by atoms with E-state index < -0.39 is 0 Å². The number of hydrogen-bond donors (Lipinski definition) is 3. The number of allylic oxidation sites excluding steroid dienone is 2. The monoisotopic (exact) mass is 394 g/mol. The van der Waals surface area contributed by atoms with Crippen molar-refractivity contribution in [2.24, 2.45) is 0 Å². The third kappa shape index (κ3) is 4.23. The van der Waals surface area contributed by atoms with E-state index in [0.29, 0.717) is 23.2 Å². The Hall–Kier alpha value is -3.12. The van der Waals surface area contributed by atoms with Gasteiger partial charge in [0, 0.05) is 35.6 Å². The van der Waals surface area contributed by atoms with Crippen LogP contribution in [0.25, 0.3) is 22.2 Å². The SMILES string of the molecule is C=C(NCC(/C=C\C)=C/C)Nc1ncc2c(-c3ccnc(C)c3)n[nH]c2c1Cl. The van der Waals surface area contributed by atoms with Gasteiger partial charge in [0.1, 0.15) is 10.7 Å². The summed E-state index contributed by atoms with van der Waals surface area (Å²) in [6, 6.07) is 3.89. The van der Waals surface area contributed by atoms with Crippen LogP contribution in [0.5, 0.6) is 0 Å². The van der Waals surface area contributed by atoms with E-state index in [2.05, 4.69) is 37.4 Å². The predicted molar refractivity (Wildman–Crippen MR) is 116 cm³/mol. The number of aryl methyl sites for hydroxylation is 1. The quantitative estimate of drug-likeness (QED) is 0.493. The van der Waals surface area contributed by atoms with Gasteiger partial charge in [0.15, 0.2) is 5.82 Å². The van der Waals surface area contributed by atoms with Gasteiger partial charge >= 0.3 is 0 Å². The Morgan fingerprint density at radius 3 is 2.86 bits per heavy atom. The van der Waals surface area contributed by atoms with Crippen molar-refractivity contribution in [3.8, 4) is 11.3 Å². The highest BCUT2D eigenvalue weighted by molar-refractivity contribution is 6.37. The molecule has 7 heteroatoms. The number of aromatic nitrogens is 4. The van der Waals surface area contributed by atoms with Crippen LogP contribution in [0.15, 0.2) is 60.7 Å². The normalized spacial score (nSPS) is 11.9. The lowest BCUT2D eigenvalue weighted by molar-refractivity contribution is 0.889. The van der Waals surface area contributed by atoms with Gasteiger partial charge in [0.2, 0.25) is 0 Å². The van der Waals surface area contributed by atoms with Crippen LogP contribution in [-0.4, -0.2) is 26.7 Å². The van der Waals surface area contributed by atoms with Gasteiger partial charge in [-0.25, -0.2) is 4.98 Å². The molecule has 0 atom stereocenters. The summed E-state index contributed by atoms with van der Waals surface area (Å²) in [6.45, 7) is 10.6. The summed E-state index contributed by atoms with van der Waals surface area (Å²) in [5.41, 5.74) is 4.56. The maximum absolute atomic E-state index is 6.56. The van der Waals surface area contributed by atoms with Gasteiger partial charge in [0.05, 0.1) is 11.3 Å². The highest BCUT2D eigenvalue weighted by Gasteiger charge is 2.15. The number of rotatable bonds is 7. The van der Waals surface area contributed by atoms with E-state index in [0.717, 1.165) is 33.4 Å². The lowest BCUT2D eigenvalue weighted by atomic mass is 10.1. The highest BCUT2D eigenvalue weighted by atomic mass is 35.5. The van der Waals surface area contributed by atoms with E-state index in [1.165, 1.54) is 0 Å². The van der Waals surface area contributed by atoms with Crippen LogP contribution in [0.4, 0.5) is 5.82 Å². The minimum Gasteiger partial charge on any atom is -0.368 e. The largest absolute Gasteiger partial charge is 0.368 e. The second-order valence-electron chi connectivity index (χ2n) is 6.29. The summed E-state index contributed by atoms with van der Waals surface area (Å²) in [4.78, 5) is 8.69. The first kappa shape index (κ1) is 19.6. The Balaban J connectivity index is 1.81. The van der Waals surface area contributed by atoms with Gasteiger partial charge in [-0.3, -0.25) is 10.1 Å². The van der Waals surface area contributed by atoms with Crippen molar-refractivity contribution in [3.05, 3.63) is 71.4 Å². The molecule has 28 heavy (non-hydrogen) atoms. The zero-order chi connectivity index (χ0) is 20.1. The molecule has 0 amide bonds. The first-order valence-electron chi connectivity index (χ1n) is 8.96. The fraction of sp³-hybridized carbons (Fsp3) is 0.190. The van der Waals surface area contributed by atoms with E-state index in [1.54, 1.807) is 12.4 Å². The Morgan fingerprint density at radius 1 is 1.32 bits per heavy atom. The number of halogens is 1. The third-order valence-electron chi connectivity index (χ3n) is 4.25. The molecule has 3 rings (SSSR count).